The van der Waals surface area contributed by atoms with Gasteiger partial charge in [-0.1, -0.05) is 13.8 Å². The Hall–Kier alpha value is -0.650. The van der Waals surface area contributed by atoms with Crippen LogP contribution in [-0.4, -0.2) is 43.4 Å². The van der Waals surface area contributed by atoms with Crippen LogP contribution in [0.15, 0.2) is 0 Å². The van der Waals surface area contributed by atoms with Gasteiger partial charge in [0, 0.05) is 19.5 Å². The first-order valence-corrected chi connectivity index (χ1v) is 7.83. The third-order valence-electron chi connectivity index (χ3n) is 3.11. The molecule has 0 heterocycles. The van der Waals surface area contributed by atoms with Gasteiger partial charge in [0.1, 0.15) is 0 Å². The quantitative estimate of drug-likeness (QED) is 0.613. The summed E-state index contributed by atoms with van der Waals surface area (Å²) in [5.74, 6) is 0.447. The zero-order valence-electron chi connectivity index (χ0n) is 14.6. The Labute approximate surface area is 129 Å². The smallest absolute Gasteiger partial charge is 0.220 e. The van der Waals surface area contributed by atoms with Gasteiger partial charge in [-0.2, -0.15) is 0 Å². The third-order valence-corrected chi connectivity index (χ3v) is 3.11. The van der Waals surface area contributed by atoms with Crippen molar-refractivity contribution in [3.63, 3.8) is 0 Å². The number of hydrogen-bond acceptors (Lipinski definition) is 4. The van der Waals surface area contributed by atoms with Crippen LogP contribution < -0.4 is 11.1 Å². The van der Waals surface area contributed by atoms with Gasteiger partial charge in [-0.25, -0.2) is 0 Å². The summed E-state index contributed by atoms with van der Waals surface area (Å²) in [6.45, 7) is 14.3. The summed E-state index contributed by atoms with van der Waals surface area (Å²) in [4.78, 5) is 11.7. The predicted octanol–water partition coefficient (Wildman–Crippen LogP) is 2.09. The minimum atomic E-state index is -0.378. The van der Waals surface area contributed by atoms with Crippen molar-refractivity contribution in [3.8, 4) is 0 Å². The molecule has 5 heteroatoms. The van der Waals surface area contributed by atoms with E-state index in [0.717, 1.165) is 6.42 Å². The van der Waals surface area contributed by atoms with Gasteiger partial charge in [-0.15, -0.1) is 0 Å². The minimum absolute atomic E-state index is 0.0771. The lowest BCUT2D eigenvalue weighted by atomic mass is 10.1. The molecule has 0 bridgehead atoms. The molecule has 0 rings (SSSR count). The molecule has 0 saturated carbocycles. The third kappa shape index (κ3) is 11.7. The molecule has 0 fully saturated rings. The normalized spacial score (nSPS) is 12.8. The SMILES string of the molecule is CC(C)CC(=O)NCC(C)(C)OCCC(C)(C)OCCN. The number of nitrogens with one attached hydrogen (secondary N) is 1. The van der Waals surface area contributed by atoms with E-state index in [9.17, 15) is 4.79 Å². The molecule has 0 aliphatic rings. The van der Waals surface area contributed by atoms with Gasteiger partial charge in [0.05, 0.1) is 24.4 Å². The largest absolute Gasteiger partial charge is 0.374 e. The molecule has 21 heavy (non-hydrogen) atoms. The van der Waals surface area contributed by atoms with Crippen LogP contribution in [0, 0.1) is 5.92 Å². The molecule has 0 atom stereocenters. The molecule has 0 radical (unpaired) electrons. The van der Waals surface area contributed by atoms with Gasteiger partial charge in [0.25, 0.3) is 0 Å². The fraction of sp³-hybridized carbons (Fsp3) is 0.938. The Bertz CT molecular complexity index is 302. The fourth-order valence-electron chi connectivity index (χ4n) is 1.79. The highest BCUT2D eigenvalue weighted by atomic mass is 16.5. The lowest BCUT2D eigenvalue weighted by Gasteiger charge is -2.30. The van der Waals surface area contributed by atoms with Gasteiger partial charge in [0.2, 0.25) is 5.91 Å². The van der Waals surface area contributed by atoms with E-state index in [2.05, 4.69) is 5.32 Å². The van der Waals surface area contributed by atoms with Gasteiger partial charge in [-0.3, -0.25) is 4.79 Å². The molecule has 0 aromatic heterocycles. The second-order valence-corrected chi connectivity index (χ2v) is 7.13. The van der Waals surface area contributed by atoms with E-state index in [1.54, 1.807) is 0 Å². The summed E-state index contributed by atoms with van der Waals surface area (Å²) in [6.07, 6.45) is 1.34. The molecule has 3 N–H and O–H groups in total. The van der Waals surface area contributed by atoms with Gasteiger partial charge in [-0.05, 0) is 40.0 Å². The summed E-state index contributed by atoms with van der Waals surface area (Å²) in [5, 5.41) is 2.92. The van der Waals surface area contributed by atoms with Gasteiger partial charge >= 0.3 is 0 Å². The zero-order valence-corrected chi connectivity index (χ0v) is 14.6. The first kappa shape index (κ1) is 20.3. The van der Waals surface area contributed by atoms with Crippen LogP contribution in [0.2, 0.25) is 0 Å². The minimum Gasteiger partial charge on any atom is -0.374 e. The van der Waals surface area contributed by atoms with Crippen LogP contribution >= 0.6 is 0 Å². The van der Waals surface area contributed by atoms with Crippen molar-refractivity contribution in [1.29, 1.82) is 0 Å². The van der Waals surface area contributed by atoms with Crippen LogP contribution in [0.3, 0.4) is 0 Å². The highest BCUT2D eigenvalue weighted by Gasteiger charge is 2.23. The van der Waals surface area contributed by atoms with Crippen molar-refractivity contribution in [2.75, 3.05) is 26.3 Å². The predicted molar refractivity (Wildman–Crippen MR) is 86.2 cm³/mol. The maximum Gasteiger partial charge on any atom is 0.220 e. The van der Waals surface area contributed by atoms with Crippen LogP contribution in [0.5, 0.6) is 0 Å². The van der Waals surface area contributed by atoms with E-state index in [4.69, 9.17) is 15.2 Å². The van der Waals surface area contributed by atoms with Crippen LogP contribution in [-0.2, 0) is 14.3 Å². The van der Waals surface area contributed by atoms with Crippen LogP contribution in [0.4, 0.5) is 0 Å². The number of carbonyl (C=O) groups excluding carboxylic acids is 1. The van der Waals surface area contributed by atoms with Crippen molar-refractivity contribution in [1.82, 2.24) is 5.32 Å². The summed E-state index contributed by atoms with van der Waals surface area (Å²) >= 11 is 0. The molecule has 0 spiro atoms. The highest BCUT2D eigenvalue weighted by Crippen LogP contribution is 2.17. The second-order valence-electron chi connectivity index (χ2n) is 7.13. The van der Waals surface area contributed by atoms with Crippen LogP contribution in [0.1, 0.15) is 54.4 Å². The Balaban J connectivity index is 3.99. The van der Waals surface area contributed by atoms with Crippen molar-refractivity contribution in [3.05, 3.63) is 0 Å². The topological polar surface area (TPSA) is 73.6 Å². The number of ether oxygens (including phenoxy) is 2. The number of carbonyl (C=O) groups is 1. The monoisotopic (exact) mass is 302 g/mol. The van der Waals surface area contributed by atoms with E-state index in [1.165, 1.54) is 0 Å². The van der Waals surface area contributed by atoms with Crippen molar-refractivity contribution >= 4 is 5.91 Å². The second kappa shape index (κ2) is 9.38. The molecule has 126 valence electrons. The number of nitrogens with two attached hydrogens (primary N) is 1. The lowest BCUT2D eigenvalue weighted by molar-refractivity contribution is -0.124. The Morgan fingerprint density at radius 3 is 2.19 bits per heavy atom. The molecule has 5 nitrogen and oxygen atoms in total. The van der Waals surface area contributed by atoms with Crippen molar-refractivity contribution in [2.45, 2.75) is 65.6 Å². The fourth-order valence-corrected chi connectivity index (χ4v) is 1.79. The summed E-state index contributed by atoms with van der Waals surface area (Å²) in [7, 11) is 0. The molecule has 1 amide bonds. The Morgan fingerprint density at radius 1 is 1.10 bits per heavy atom. The molecular weight excluding hydrogens is 268 g/mol. The molecule has 0 aromatic rings. The van der Waals surface area contributed by atoms with Crippen molar-refractivity contribution < 1.29 is 14.3 Å². The molecule has 0 unspecified atom stereocenters. The number of amides is 1. The average Bonchev–Trinajstić information content (AvgIpc) is 2.33. The molecule has 0 aliphatic carbocycles. The maximum atomic E-state index is 11.7. The van der Waals surface area contributed by atoms with Crippen LogP contribution in [0.25, 0.3) is 0 Å². The Morgan fingerprint density at radius 2 is 1.67 bits per heavy atom. The first-order chi connectivity index (χ1) is 9.58. The van der Waals surface area contributed by atoms with E-state index < -0.39 is 0 Å². The van der Waals surface area contributed by atoms with Crippen molar-refractivity contribution in [2.24, 2.45) is 11.7 Å². The van der Waals surface area contributed by atoms with E-state index in [-0.39, 0.29) is 17.1 Å². The number of rotatable bonds is 11. The average molecular weight is 302 g/mol. The molecule has 0 aromatic carbocycles. The molecule has 0 saturated heterocycles. The van der Waals surface area contributed by atoms with Gasteiger partial charge < -0.3 is 20.5 Å². The number of hydrogen-bond donors (Lipinski definition) is 2. The van der Waals surface area contributed by atoms with Gasteiger partial charge in [0.15, 0.2) is 0 Å². The lowest BCUT2D eigenvalue weighted by Crippen LogP contribution is -2.41. The van der Waals surface area contributed by atoms with E-state index >= 15 is 0 Å². The zero-order chi connectivity index (χ0) is 16.5. The summed E-state index contributed by atoms with van der Waals surface area (Å²) < 4.78 is 11.5. The van der Waals surface area contributed by atoms with E-state index in [0.29, 0.717) is 38.6 Å². The first-order valence-electron chi connectivity index (χ1n) is 7.83. The summed E-state index contributed by atoms with van der Waals surface area (Å²) in [5.41, 5.74) is 4.82. The van der Waals surface area contributed by atoms with E-state index in [1.807, 2.05) is 41.5 Å². The maximum absolute atomic E-state index is 11.7. The Kier molecular flexibility index (Phi) is 9.09. The molecular formula is C16H34N2O3. The summed E-state index contributed by atoms with van der Waals surface area (Å²) in [6, 6.07) is 0. The standard InChI is InChI=1S/C16H34N2O3/c1-13(2)11-14(19)18-12-16(5,6)20-9-7-15(3,4)21-10-8-17/h13H,7-12,17H2,1-6H3,(H,18,19). The highest BCUT2D eigenvalue weighted by molar-refractivity contribution is 5.76. The molecule has 0 aliphatic heterocycles.